The smallest absolute Gasteiger partial charge is 0.270 e. The molecule has 1 heterocycles. The van der Waals surface area contributed by atoms with Crippen molar-refractivity contribution in [2.24, 2.45) is 0 Å². The molecule has 3 nitrogen and oxygen atoms in total. The predicted molar refractivity (Wildman–Crippen MR) is 140 cm³/mol. The van der Waals surface area contributed by atoms with Crippen molar-refractivity contribution >= 4 is 89.4 Å². The van der Waals surface area contributed by atoms with Gasteiger partial charge in [-0.25, -0.2) is 0 Å². The van der Waals surface area contributed by atoms with E-state index in [0.29, 0.717) is 26.6 Å². The SMILES string of the molecule is O=C1/C(=C\c2ccc(OCc3ccc(Cl)cc3)c(Br)c2)SC(=S)N1c1cccc(Br)c1. The summed E-state index contributed by atoms with van der Waals surface area (Å²) in [6.07, 6.45) is 1.84. The average molecular weight is 596 g/mol. The normalized spacial score (nSPS) is 15.1. The zero-order valence-corrected chi connectivity index (χ0v) is 21.4. The second-order valence-corrected chi connectivity index (χ2v) is 10.5. The van der Waals surface area contributed by atoms with Crippen LogP contribution in [0.1, 0.15) is 11.1 Å². The number of amides is 1. The summed E-state index contributed by atoms with van der Waals surface area (Å²) in [5.41, 5.74) is 2.64. The highest BCUT2D eigenvalue weighted by molar-refractivity contribution is 9.10. The highest BCUT2D eigenvalue weighted by Crippen LogP contribution is 2.37. The fourth-order valence-corrected chi connectivity index (χ4v) is 5.25. The van der Waals surface area contributed by atoms with Gasteiger partial charge in [0.2, 0.25) is 0 Å². The van der Waals surface area contributed by atoms with Gasteiger partial charge < -0.3 is 4.74 Å². The third-order valence-corrected chi connectivity index (χ3v) is 7.09. The lowest BCUT2D eigenvalue weighted by Crippen LogP contribution is -2.27. The summed E-state index contributed by atoms with van der Waals surface area (Å²) < 4.78 is 8.10. The maximum absolute atomic E-state index is 13.0. The molecule has 3 aromatic carbocycles. The number of hydrogen-bond donors (Lipinski definition) is 0. The molecule has 1 fully saturated rings. The Labute approximate surface area is 211 Å². The lowest BCUT2D eigenvalue weighted by molar-refractivity contribution is -0.113. The Balaban J connectivity index is 1.49. The minimum Gasteiger partial charge on any atom is -0.488 e. The number of nitrogens with zero attached hydrogens (tertiary/aromatic N) is 1. The van der Waals surface area contributed by atoms with Crippen LogP contribution in [-0.2, 0) is 11.4 Å². The first kappa shape index (κ1) is 22.6. The van der Waals surface area contributed by atoms with E-state index in [1.54, 1.807) is 4.90 Å². The number of anilines is 1. The highest BCUT2D eigenvalue weighted by Gasteiger charge is 2.33. The van der Waals surface area contributed by atoms with Crippen LogP contribution >= 0.6 is 67.4 Å². The van der Waals surface area contributed by atoms with Gasteiger partial charge in [0, 0.05) is 9.50 Å². The molecule has 1 aliphatic heterocycles. The number of hydrogen-bond acceptors (Lipinski definition) is 4. The van der Waals surface area contributed by atoms with Crippen LogP contribution in [-0.4, -0.2) is 10.2 Å². The molecular weight excluding hydrogens is 582 g/mol. The number of ether oxygens (including phenoxy) is 1. The molecule has 3 aromatic rings. The summed E-state index contributed by atoms with van der Waals surface area (Å²) in [6, 6.07) is 20.8. The van der Waals surface area contributed by atoms with Gasteiger partial charge in [0.15, 0.2) is 4.32 Å². The predicted octanol–water partition coefficient (Wildman–Crippen LogP) is 7.85. The summed E-state index contributed by atoms with van der Waals surface area (Å²) in [7, 11) is 0. The number of carbonyl (C=O) groups is 1. The molecule has 31 heavy (non-hydrogen) atoms. The van der Waals surface area contributed by atoms with Gasteiger partial charge in [-0.3, -0.25) is 9.69 Å². The number of thiocarbonyl (C=S) groups is 1. The van der Waals surface area contributed by atoms with Gasteiger partial charge in [-0.2, -0.15) is 0 Å². The summed E-state index contributed by atoms with van der Waals surface area (Å²) in [6.45, 7) is 0.431. The Morgan fingerprint density at radius 3 is 2.55 bits per heavy atom. The third kappa shape index (κ3) is 5.41. The largest absolute Gasteiger partial charge is 0.488 e. The van der Waals surface area contributed by atoms with Crippen LogP contribution in [0.5, 0.6) is 5.75 Å². The van der Waals surface area contributed by atoms with Crippen molar-refractivity contribution in [2.75, 3.05) is 4.90 Å². The second kappa shape index (κ2) is 9.88. The zero-order valence-electron chi connectivity index (χ0n) is 15.8. The summed E-state index contributed by atoms with van der Waals surface area (Å²) in [5.74, 6) is 0.584. The van der Waals surface area contributed by atoms with Gasteiger partial charge in [-0.1, -0.05) is 75.8 Å². The van der Waals surface area contributed by atoms with Crippen molar-refractivity contribution in [1.82, 2.24) is 0 Å². The van der Waals surface area contributed by atoms with E-state index in [4.69, 9.17) is 28.6 Å². The standard InChI is InChI=1S/C23H14Br2ClNO2S2/c24-16-2-1-3-18(12-16)27-22(28)21(31-23(27)30)11-15-6-9-20(19(25)10-15)29-13-14-4-7-17(26)8-5-14/h1-12H,13H2/b21-11+. The van der Waals surface area contributed by atoms with E-state index in [2.05, 4.69) is 31.9 Å². The van der Waals surface area contributed by atoms with Crippen molar-refractivity contribution in [2.45, 2.75) is 6.61 Å². The second-order valence-electron chi connectivity index (χ2n) is 6.60. The maximum atomic E-state index is 13.0. The molecule has 0 bridgehead atoms. The molecule has 0 N–H and O–H groups in total. The van der Waals surface area contributed by atoms with Gasteiger partial charge in [-0.15, -0.1) is 0 Å². The van der Waals surface area contributed by atoms with Crippen LogP contribution in [0.15, 0.2) is 80.6 Å². The molecule has 1 amide bonds. The Morgan fingerprint density at radius 1 is 1.06 bits per heavy atom. The highest BCUT2D eigenvalue weighted by atomic mass is 79.9. The summed E-state index contributed by atoms with van der Waals surface area (Å²) in [5, 5.41) is 0.694. The van der Waals surface area contributed by atoms with E-state index in [9.17, 15) is 4.79 Å². The lowest BCUT2D eigenvalue weighted by atomic mass is 10.2. The molecule has 156 valence electrons. The molecular formula is C23H14Br2ClNO2S2. The van der Waals surface area contributed by atoms with Crippen molar-refractivity contribution in [3.05, 3.63) is 96.7 Å². The van der Waals surface area contributed by atoms with Crippen molar-refractivity contribution < 1.29 is 9.53 Å². The summed E-state index contributed by atoms with van der Waals surface area (Å²) in [4.78, 5) is 15.1. The molecule has 0 saturated carbocycles. The Hall–Kier alpha value is -1.64. The van der Waals surface area contributed by atoms with Gasteiger partial charge in [-0.05, 0) is 75.6 Å². The average Bonchev–Trinajstić information content (AvgIpc) is 3.01. The van der Waals surface area contributed by atoms with Crippen LogP contribution in [0.4, 0.5) is 5.69 Å². The van der Waals surface area contributed by atoms with Crippen LogP contribution < -0.4 is 9.64 Å². The van der Waals surface area contributed by atoms with Crippen molar-refractivity contribution in [3.63, 3.8) is 0 Å². The van der Waals surface area contributed by atoms with E-state index in [1.165, 1.54) is 11.8 Å². The topological polar surface area (TPSA) is 29.5 Å². The van der Waals surface area contributed by atoms with Crippen LogP contribution in [0.25, 0.3) is 6.08 Å². The molecule has 1 saturated heterocycles. The molecule has 0 atom stereocenters. The molecule has 0 unspecified atom stereocenters. The number of thioether (sulfide) groups is 1. The maximum Gasteiger partial charge on any atom is 0.270 e. The summed E-state index contributed by atoms with van der Waals surface area (Å²) >= 11 is 19.7. The zero-order chi connectivity index (χ0) is 22.0. The number of carbonyl (C=O) groups excluding carboxylic acids is 1. The monoisotopic (exact) mass is 593 g/mol. The first-order valence-electron chi connectivity index (χ1n) is 9.11. The first-order chi connectivity index (χ1) is 14.9. The minimum atomic E-state index is -0.132. The van der Waals surface area contributed by atoms with E-state index >= 15 is 0 Å². The van der Waals surface area contributed by atoms with Crippen molar-refractivity contribution in [3.8, 4) is 5.75 Å². The van der Waals surface area contributed by atoms with Gasteiger partial charge >= 0.3 is 0 Å². The van der Waals surface area contributed by atoms with E-state index in [-0.39, 0.29) is 5.91 Å². The lowest BCUT2D eigenvalue weighted by Gasteiger charge is -2.14. The van der Waals surface area contributed by atoms with Gasteiger partial charge in [0.05, 0.1) is 15.1 Å². The molecule has 0 aromatic heterocycles. The molecule has 0 spiro atoms. The van der Waals surface area contributed by atoms with Crippen LogP contribution in [0.3, 0.4) is 0 Å². The Morgan fingerprint density at radius 2 is 1.84 bits per heavy atom. The molecule has 4 rings (SSSR count). The number of halogens is 3. The minimum absolute atomic E-state index is 0.132. The molecule has 0 radical (unpaired) electrons. The van der Waals surface area contributed by atoms with E-state index in [0.717, 1.165) is 25.8 Å². The fourth-order valence-electron chi connectivity index (χ4n) is 2.92. The molecule has 1 aliphatic rings. The van der Waals surface area contributed by atoms with E-state index < -0.39 is 0 Å². The number of benzene rings is 3. The Kier molecular flexibility index (Phi) is 7.19. The number of rotatable bonds is 5. The fraction of sp³-hybridized carbons (Fsp3) is 0.0435. The van der Waals surface area contributed by atoms with Gasteiger partial charge in [0.25, 0.3) is 5.91 Å². The van der Waals surface area contributed by atoms with Crippen LogP contribution in [0.2, 0.25) is 5.02 Å². The third-order valence-electron chi connectivity index (χ3n) is 4.42. The van der Waals surface area contributed by atoms with Gasteiger partial charge in [0.1, 0.15) is 12.4 Å². The van der Waals surface area contributed by atoms with Crippen LogP contribution in [0, 0.1) is 0 Å². The van der Waals surface area contributed by atoms with Crippen molar-refractivity contribution in [1.29, 1.82) is 0 Å². The van der Waals surface area contributed by atoms with E-state index in [1.807, 2.05) is 72.8 Å². The molecule has 8 heteroatoms. The quantitative estimate of drug-likeness (QED) is 0.222. The first-order valence-corrected chi connectivity index (χ1v) is 12.3. The Bertz CT molecular complexity index is 1200. The molecule has 0 aliphatic carbocycles.